The fourth-order valence-corrected chi connectivity index (χ4v) is 1.19. The van der Waals surface area contributed by atoms with Crippen LogP contribution in [0.25, 0.3) is 0 Å². The van der Waals surface area contributed by atoms with Gasteiger partial charge in [0.2, 0.25) is 0 Å². The summed E-state index contributed by atoms with van der Waals surface area (Å²) in [6.45, 7) is 2.20. The molecule has 0 amide bonds. The summed E-state index contributed by atoms with van der Waals surface area (Å²) in [5.74, 6) is 0.705. The van der Waals surface area contributed by atoms with Crippen LogP contribution in [-0.4, -0.2) is 9.97 Å². The second-order valence-electron chi connectivity index (χ2n) is 2.37. The zero-order valence-corrected chi connectivity index (χ0v) is 4.81. The first-order valence-electron chi connectivity index (χ1n) is 2.90. The molecule has 42 valence electrons. The molecule has 2 rings (SSSR count). The first kappa shape index (κ1) is 4.13. The van der Waals surface area contributed by atoms with Crippen molar-refractivity contribution in [1.82, 2.24) is 9.97 Å². The van der Waals surface area contributed by atoms with Gasteiger partial charge in [0.25, 0.3) is 0 Å². The van der Waals surface area contributed by atoms with E-state index in [-0.39, 0.29) is 0 Å². The summed E-state index contributed by atoms with van der Waals surface area (Å²) in [6.07, 6.45) is 2.96. The Balaban J connectivity index is 2.53. The van der Waals surface area contributed by atoms with Crippen LogP contribution >= 0.6 is 0 Å². The predicted molar refractivity (Wildman–Crippen MR) is 30.7 cm³/mol. The van der Waals surface area contributed by atoms with Crippen LogP contribution in [0.15, 0.2) is 6.33 Å². The monoisotopic (exact) mass is 108 g/mol. The van der Waals surface area contributed by atoms with Gasteiger partial charge in [-0.25, -0.2) is 4.98 Å². The van der Waals surface area contributed by atoms with E-state index in [0.29, 0.717) is 5.92 Å². The minimum absolute atomic E-state index is 0.705. The fraction of sp³-hybridized carbons (Fsp3) is 0.500. The van der Waals surface area contributed by atoms with Crippen molar-refractivity contribution in [3.05, 3.63) is 17.7 Å². The lowest BCUT2D eigenvalue weighted by Crippen LogP contribution is -2.12. The number of aromatic amines is 1. The third-order valence-electron chi connectivity index (χ3n) is 1.73. The second kappa shape index (κ2) is 1.13. The van der Waals surface area contributed by atoms with Crippen LogP contribution in [0.4, 0.5) is 0 Å². The molecule has 1 aromatic heterocycles. The average molecular weight is 108 g/mol. The van der Waals surface area contributed by atoms with E-state index < -0.39 is 0 Å². The van der Waals surface area contributed by atoms with Crippen LogP contribution in [0.3, 0.4) is 0 Å². The molecule has 1 N–H and O–H groups in total. The number of nitrogens with one attached hydrogen (secondary N) is 1. The minimum atomic E-state index is 0.705. The lowest BCUT2D eigenvalue weighted by molar-refractivity contribution is 0.635. The lowest BCUT2D eigenvalue weighted by atomic mass is 9.89. The highest BCUT2D eigenvalue weighted by Crippen LogP contribution is 2.30. The molecule has 0 saturated heterocycles. The molecule has 1 aromatic rings. The van der Waals surface area contributed by atoms with Crippen LogP contribution in [0.5, 0.6) is 0 Å². The number of nitrogens with zero attached hydrogens (tertiary/aromatic N) is 1. The van der Waals surface area contributed by atoms with Crippen molar-refractivity contribution in [1.29, 1.82) is 0 Å². The number of fused-ring (bicyclic) bond motifs is 1. The molecule has 0 bridgehead atoms. The normalized spacial score (nSPS) is 24.4. The topological polar surface area (TPSA) is 28.7 Å². The predicted octanol–water partition coefficient (Wildman–Crippen LogP) is 1.07. The summed E-state index contributed by atoms with van der Waals surface area (Å²) in [4.78, 5) is 7.20. The molecule has 0 fully saturated rings. The number of aromatic nitrogens is 2. The molecule has 1 aliphatic carbocycles. The molecule has 1 atom stereocenters. The fourth-order valence-electron chi connectivity index (χ4n) is 1.19. The van der Waals surface area contributed by atoms with Gasteiger partial charge in [0.15, 0.2) is 0 Å². The summed E-state index contributed by atoms with van der Waals surface area (Å²) in [5.41, 5.74) is 2.60. The van der Waals surface area contributed by atoms with E-state index in [2.05, 4.69) is 16.9 Å². The summed E-state index contributed by atoms with van der Waals surface area (Å²) in [5, 5.41) is 0. The summed E-state index contributed by atoms with van der Waals surface area (Å²) < 4.78 is 0. The number of imidazole rings is 1. The van der Waals surface area contributed by atoms with Gasteiger partial charge in [-0.15, -0.1) is 0 Å². The highest BCUT2D eigenvalue weighted by Gasteiger charge is 2.23. The van der Waals surface area contributed by atoms with Crippen molar-refractivity contribution in [2.45, 2.75) is 19.3 Å². The largest absolute Gasteiger partial charge is 0.348 e. The summed E-state index contributed by atoms with van der Waals surface area (Å²) in [7, 11) is 0. The molecule has 0 aromatic carbocycles. The van der Waals surface area contributed by atoms with Gasteiger partial charge in [0.1, 0.15) is 0 Å². The Morgan fingerprint density at radius 1 is 1.88 bits per heavy atom. The van der Waals surface area contributed by atoms with Gasteiger partial charge in [0.05, 0.1) is 12.0 Å². The molecule has 2 heteroatoms. The van der Waals surface area contributed by atoms with Crippen molar-refractivity contribution in [2.75, 3.05) is 0 Å². The van der Waals surface area contributed by atoms with Crippen molar-refractivity contribution < 1.29 is 0 Å². The number of hydrogen-bond acceptors (Lipinski definition) is 1. The van der Waals surface area contributed by atoms with E-state index in [1.165, 1.54) is 17.8 Å². The molecule has 1 heterocycles. The van der Waals surface area contributed by atoms with Gasteiger partial charge in [-0.3, -0.25) is 0 Å². The van der Waals surface area contributed by atoms with E-state index in [4.69, 9.17) is 0 Å². The Morgan fingerprint density at radius 2 is 2.75 bits per heavy atom. The van der Waals surface area contributed by atoms with Crippen molar-refractivity contribution >= 4 is 0 Å². The molecular weight excluding hydrogens is 100 g/mol. The first-order valence-corrected chi connectivity index (χ1v) is 2.90. The number of hydrogen-bond donors (Lipinski definition) is 1. The highest BCUT2D eigenvalue weighted by molar-refractivity contribution is 5.26. The SMILES string of the molecule is CC1Cc2[nH]cnc21. The van der Waals surface area contributed by atoms with Crippen molar-refractivity contribution in [3.63, 3.8) is 0 Å². The van der Waals surface area contributed by atoms with Crippen LogP contribution < -0.4 is 0 Å². The van der Waals surface area contributed by atoms with E-state index in [1.54, 1.807) is 6.33 Å². The quantitative estimate of drug-likeness (QED) is 0.529. The number of H-pyrrole nitrogens is 1. The Bertz CT molecular complexity index is 202. The maximum absolute atomic E-state index is 4.13. The van der Waals surface area contributed by atoms with E-state index >= 15 is 0 Å². The van der Waals surface area contributed by atoms with Gasteiger partial charge in [-0.2, -0.15) is 0 Å². The van der Waals surface area contributed by atoms with E-state index in [9.17, 15) is 0 Å². The van der Waals surface area contributed by atoms with Crippen LogP contribution in [0, 0.1) is 0 Å². The first-order chi connectivity index (χ1) is 3.88. The van der Waals surface area contributed by atoms with Crippen molar-refractivity contribution in [3.8, 4) is 0 Å². The zero-order valence-electron chi connectivity index (χ0n) is 4.81. The molecule has 0 aliphatic heterocycles. The number of rotatable bonds is 0. The van der Waals surface area contributed by atoms with Gasteiger partial charge >= 0.3 is 0 Å². The van der Waals surface area contributed by atoms with E-state index in [0.717, 1.165) is 0 Å². The van der Waals surface area contributed by atoms with Gasteiger partial charge in [-0.05, 0) is 6.42 Å². The highest BCUT2D eigenvalue weighted by atomic mass is 14.9. The van der Waals surface area contributed by atoms with Gasteiger partial charge in [-0.1, -0.05) is 6.92 Å². The summed E-state index contributed by atoms with van der Waals surface area (Å²) >= 11 is 0. The smallest absolute Gasteiger partial charge is 0.0925 e. The molecule has 0 spiro atoms. The second-order valence-corrected chi connectivity index (χ2v) is 2.37. The molecule has 0 radical (unpaired) electrons. The van der Waals surface area contributed by atoms with E-state index in [1.807, 2.05) is 0 Å². The Hall–Kier alpha value is -0.790. The maximum atomic E-state index is 4.13. The molecule has 1 unspecified atom stereocenters. The minimum Gasteiger partial charge on any atom is -0.348 e. The van der Waals surface area contributed by atoms with Crippen LogP contribution in [0.2, 0.25) is 0 Å². The molecular formula is C6H8N2. The molecule has 0 saturated carbocycles. The Kier molecular flexibility index (Phi) is 0.583. The Labute approximate surface area is 47.9 Å². The standard InChI is InChI=1S/C6H8N2/c1-4-2-5-6(4)8-3-7-5/h3-4H,2H2,1H3,(H,7,8). The molecule has 2 nitrogen and oxygen atoms in total. The van der Waals surface area contributed by atoms with Crippen LogP contribution in [-0.2, 0) is 6.42 Å². The zero-order chi connectivity index (χ0) is 5.56. The van der Waals surface area contributed by atoms with Crippen molar-refractivity contribution in [2.24, 2.45) is 0 Å². The third-order valence-corrected chi connectivity index (χ3v) is 1.73. The van der Waals surface area contributed by atoms with Gasteiger partial charge < -0.3 is 4.98 Å². The summed E-state index contributed by atoms with van der Waals surface area (Å²) in [6, 6.07) is 0. The molecule has 1 aliphatic rings. The molecule has 8 heavy (non-hydrogen) atoms. The van der Waals surface area contributed by atoms with Gasteiger partial charge in [0, 0.05) is 11.6 Å². The lowest BCUT2D eigenvalue weighted by Gasteiger charge is -2.19. The Morgan fingerprint density at radius 3 is 3.25 bits per heavy atom. The third kappa shape index (κ3) is 0.312. The average Bonchev–Trinajstić information content (AvgIpc) is 2.09. The van der Waals surface area contributed by atoms with Crippen LogP contribution in [0.1, 0.15) is 24.2 Å². The maximum Gasteiger partial charge on any atom is 0.0925 e.